The van der Waals surface area contributed by atoms with E-state index in [1.54, 1.807) is 24.5 Å². The molecule has 0 saturated heterocycles. The number of amides is 1. The molecule has 2 heterocycles. The lowest BCUT2D eigenvalue weighted by Gasteiger charge is -2.19. The van der Waals surface area contributed by atoms with Gasteiger partial charge in [0.1, 0.15) is 5.82 Å². The molecule has 0 aliphatic carbocycles. The Morgan fingerprint density at radius 3 is 2.29 bits per heavy atom. The van der Waals surface area contributed by atoms with Crippen LogP contribution in [-0.4, -0.2) is 29.0 Å². The molecule has 8 heteroatoms. The number of carbonyl (C=O) groups is 1. The number of pyridine rings is 2. The summed E-state index contributed by atoms with van der Waals surface area (Å²) >= 11 is 0. The monoisotopic (exact) mass is 371 g/mol. The summed E-state index contributed by atoms with van der Waals surface area (Å²) in [5, 5.41) is 2.82. The van der Waals surface area contributed by atoms with Gasteiger partial charge >= 0.3 is 0 Å². The summed E-state index contributed by atoms with van der Waals surface area (Å²) in [6, 6.07) is 7.24. The Kier molecular flexibility index (Phi) is 9.76. The first kappa shape index (κ1) is 21.9. The minimum Gasteiger partial charge on any atom is -0.397 e. The van der Waals surface area contributed by atoms with Crippen LogP contribution >= 0.6 is 24.8 Å². The first-order valence-electron chi connectivity index (χ1n) is 7.33. The lowest BCUT2D eigenvalue weighted by Crippen LogP contribution is -2.23. The van der Waals surface area contributed by atoms with Crippen molar-refractivity contribution in [2.24, 2.45) is 0 Å². The average molecular weight is 372 g/mol. The van der Waals surface area contributed by atoms with E-state index in [0.717, 1.165) is 18.9 Å². The van der Waals surface area contributed by atoms with Crippen LogP contribution in [0.25, 0.3) is 0 Å². The van der Waals surface area contributed by atoms with Crippen molar-refractivity contribution in [1.29, 1.82) is 0 Å². The molecule has 24 heavy (non-hydrogen) atoms. The molecule has 1 amide bonds. The van der Waals surface area contributed by atoms with Crippen molar-refractivity contribution < 1.29 is 4.79 Å². The number of nitrogens with two attached hydrogens (primary N) is 1. The fourth-order valence-corrected chi connectivity index (χ4v) is 2.10. The highest BCUT2D eigenvalue weighted by molar-refractivity contribution is 5.92. The second kappa shape index (κ2) is 10.7. The van der Waals surface area contributed by atoms with E-state index >= 15 is 0 Å². The second-order valence-electron chi connectivity index (χ2n) is 4.89. The van der Waals surface area contributed by atoms with Crippen LogP contribution in [-0.2, 0) is 11.2 Å². The summed E-state index contributed by atoms with van der Waals surface area (Å²) in [5.41, 5.74) is 7.51. The average Bonchev–Trinajstić information content (AvgIpc) is 2.52. The molecule has 0 aromatic carbocycles. The van der Waals surface area contributed by atoms with Crippen LogP contribution in [0.2, 0.25) is 0 Å². The summed E-state index contributed by atoms with van der Waals surface area (Å²) in [6.45, 7) is 5.97. The lowest BCUT2D eigenvalue weighted by molar-refractivity contribution is -0.115. The van der Waals surface area contributed by atoms with Crippen molar-refractivity contribution in [2.75, 3.05) is 29.0 Å². The highest BCUT2D eigenvalue weighted by atomic mass is 35.5. The van der Waals surface area contributed by atoms with Crippen LogP contribution in [0.4, 0.5) is 17.2 Å². The minimum absolute atomic E-state index is 0. The second-order valence-corrected chi connectivity index (χ2v) is 4.89. The van der Waals surface area contributed by atoms with E-state index in [1.807, 2.05) is 12.1 Å². The highest BCUT2D eigenvalue weighted by Gasteiger charge is 2.07. The fourth-order valence-electron chi connectivity index (χ4n) is 2.10. The van der Waals surface area contributed by atoms with Crippen molar-refractivity contribution in [3.63, 3.8) is 0 Å². The Balaban J connectivity index is 0.00000264. The zero-order valence-electron chi connectivity index (χ0n) is 13.7. The van der Waals surface area contributed by atoms with E-state index in [-0.39, 0.29) is 37.1 Å². The van der Waals surface area contributed by atoms with Crippen LogP contribution in [0.1, 0.15) is 19.5 Å². The van der Waals surface area contributed by atoms with Crippen LogP contribution in [0.3, 0.4) is 0 Å². The van der Waals surface area contributed by atoms with Crippen molar-refractivity contribution in [1.82, 2.24) is 9.97 Å². The molecule has 6 nitrogen and oxygen atoms in total. The number of anilines is 3. The number of nitrogens with zero attached hydrogens (tertiary/aromatic N) is 3. The number of aromatic nitrogens is 2. The van der Waals surface area contributed by atoms with Gasteiger partial charge in [0.2, 0.25) is 5.91 Å². The SMILES string of the molecule is CCN(CC)c1ccc(NC(=O)Cc2ccc(N)cn2)cn1.Cl.Cl. The molecular weight excluding hydrogens is 349 g/mol. The van der Waals surface area contributed by atoms with Gasteiger partial charge < -0.3 is 16.0 Å². The Labute approximate surface area is 154 Å². The number of hydrogen-bond donors (Lipinski definition) is 2. The van der Waals surface area contributed by atoms with Gasteiger partial charge in [0.25, 0.3) is 0 Å². The van der Waals surface area contributed by atoms with Crippen LogP contribution < -0.4 is 16.0 Å². The molecule has 0 saturated carbocycles. The van der Waals surface area contributed by atoms with Gasteiger partial charge in [-0.05, 0) is 38.1 Å². The lowest BCUT2D eigenvalue weighted by atomic mass is 10.2. The standard InChI is InChI=1S/C16H21N5O.2ClH/c1-3-21(4-2)15-8-7-14(11-19-15)20-16(22)9-13-6-5-12(17)10-18-13;;/h5-8,10-11H,3-4,9,17H2,1-2H3,(H,20,22);2*1H. The Bertz CT molecular complexity index is 615. The first-order valence-corrected chi connectivity index (χ1v) is 7.33. The molecule has 0 atom stereocenters. The summed E-state index contributed by atoms with van der Waals surface area (Å²) < 4.78 is 0. The zero-order chi connectivity index (χ0) is 15.9. The number of hydrogen-bond acceptors (Lipinski definition) is 5. The maximum atomic E-state index is 12.0. The predicted octanol–water partition coefficient (Wildman–Crippen LogP) is 2.93. The van der Waals surface area contributed by atoms with Gasteiger partial charge in [-0.2, -0.15) is 0 Å². The molecule has 0 aliphatic rings. The minimum atomic E-state index is -0.130. The first-order chi connectivity index (χ1) is 10.6. The Hall–Kier alpha value is -2.05. The molecule has 132 valence electrons. The van der Waals surface area contributed by atoms with E-state index in [1.165, 1.54) is 0 Å². The Morgan fingerprint density at radius 1 is 1.08 bits per heavy atom. The molecule has 0 aliphatic heterocycles. The number of halogens is 2. The molecular formula is C16H23Cl2N5O. The summed E-state index contributed by atoms with van der Waals surface area (Å²) in [5.74, 6) is 0.776. The van der Waals surface area contributed by atoms with E-state index in [4.69, 9.17) is 5.73 Å². The van der Waals surface area contributed by atoms with E-state index in [9.17, 15) is 4.79 Å². The normalized spacial score (nSPS) is 9.42. The highest BCUT2D eigenvalue weighted by Crippen LogP contribution is 2.14. The van der Waals surface area contributed by atoms with Gasteiger partial charge in [-0.25, -0.2) is 4.98 Å². The Morgan fingerprint density at radius 2 is 1.79 bits per heavy atom. The van der Waals surface area contributed by atoms with Crippen molar-refractivity contribution in [2.45, 2.75) is 20.3 Å². The molecule has 3 N–H and O–H groups in total. The third-order valence-corrected chi connectivity index (χ3v) is 3.31. The molecule has 2 aromatic heterocycles. The quantitative estimate of drug-likeness (QED) is 0.815. The summed E-state index contributed by atoms with van der Waals surface area (Å²) in [6.07, 6.45) is 3.42. The number of carbonyl (C=O) groups excluding carboxylic acids is 1. The molecule has 0 spiro atoms. The molecule has 0 fully saturated rings. The third kappa shape index (κ3) is 6.22. The molecule has 0 bridgehead atoms. The maximum absolute atomic E-state index is 12.0. The van der Waals surface area contributed by atoms with Crippen molar-refractivity contribution >= 4 is 47.9 Å². The van der Waals surface area contributed by atoms with Crippen LogP contribution in [0, 0.1) is 0 Å². The number of nitrogen functional groups attached to an aromatic ring is 1. The van der Waals surface area contributed by atoms with E-state index < -0.39 is 0 Å². The van der Waals surface area contributed by atoms with Gasteiger partial charge in [-0.15, -0.1) is 24.8 Å². The topological polar surface area (TPSA) is 84.1 Å². The number of nitrogens with one attached hydrogen (secondary N) is 1. The zero-order valence-corrected chi connectivity index (χ0v) is 15.4. The molecule has 0 unspecified atom stereocenters. The molecule has 0 radical (unpaired) electrons. The maximum Gasteiger partial charge on any atom is 0.230 e. The van der Waals surface area contributed by atoms with Gasteiger partial charge in [-0.3, -0.25) is 9.78 Å². The van der Waals surface area contributed by atoms with E-state index in [2.05, 4.69) is 34.0 Å². The van der Waals surface area contributed by atoms with Crippen molar-refractivity contribution in [3.05, 3.63) is 42.4 Å². The van der Waals surface area contributed by atoms with Gasteiger partial charge in [0.05, 0.1) is 30.2 Å². The number of rotatable bonds is 6. The third-order valence-electron chi connectivity index (χ3n) is 3.31. The van der Waals surface area contributed by atoms with E-state index in [0.29, 0.717) is 17.1 Å². The molecule has 2 aromatic rings. The summed E-state index contributed by atoms with van der Waals surface area (Å²) in [4.78, 5) is 22.6. The van der Waals surface area contributed by atoms with Gasteiger partial charge in [0, 0.05) is 18.8 Å². The van der Waals surface area contributed by atoms with Crippen LogP contribution in [0.15, 0.2) is 36.7 Å². The largest absolute Gasteiger partial charge is 0.397 e. The summed E-state index contributed by atoms with van der Waals surface area (Å²) in [7, 11) is 0. The fraction of sp³-hybridized carbons (Fsp3) is 0.312. The van der Waals surface area contributed by atoms with Gasteiger partial charge in [-0.1, -0.05) is 0 Å². The van der Waals surface area contributed by atoms with Gasteiger partial charge in [0.15, 0.2) is 0 Å². The van der Waals surface area contributed by atoms with Crippen LogP contribution in [0.5, 0.6) is 0 Å². The van der Waals surface area contributed by atoms with Crippen molar-refractivity contribution in [3.8, 4) is 0 Å². The predicted molar refractivity (Wildman–Crippen MR) is 103 cm³/mol. The molecule has 2 rings (SSSR count). The smallest absolute Gasteiger partial charge is 0.230 e.